The number of carboxylic acids is 1. The summed E-state index contributed by atoms with van der Waals surface area (Å²) in [5.41, 5.74) is 4.13. The largest absolute Gasteiger partial charge is 0.494 e. The molecule has 0 saturated carbocycles. The maximum Gasteiger partial charge on any atom is 0.340 e. The second-order valence-electron chi connectivity index (χ2n) is 12.5. The Kier molecular flexibility index (Phi) is 9.57. The molecule has 4 aromatic rings. The van der Waals surface area contributed by atoms with E-state index in [1.54, 1.807) is 4.68 Å². The Morgan fingerprint density at radius 2 is 1.76 bits per heavy atom. The Labute approximate surface area is 273 Å². The van der Waals surface area contributed by atoms with Crippen LogP contribution < -0.4 is 15.4 Å². The highest BCUT2D eigenvalue weighted by Gasteiger charge is 2.35. The summed E-state index contributed by atoms with van der Waals surface area (Å²) in [7, 11) is -2.61. The van der Waals surface area contributed by atoms with E-state index in [2.05, 4.69) is 31.4 Å². The summed E-state index contributed by atoms with van der Waals surface area (Å²) in [5.74, 6) is -0.549. The summed E-state index contributed by atoms with van der Waals surface area (Å²) in [4.78, 5) is 24.6. The molecular weight excluding hydrogens is 627 g/mol. The zero-order valence-electron chi connectivity index (χ0n) is 26.5. The number of anilines is 2. The van der Waals surface area contributed by atoms with Gasteiger partial charge < -0.3 is 15.2 Å². The standard InChI is InChI=1S/C33H39N5O6S2/c1-21-9-11-25(12-10-21)38-28(19-27(36-38)33(2,3)4)35-32(41)34-24-8-6-7-23(18-24)17-22-13-15-37(16-14-22)46(42,43)31-29(44-5)26(20-45-31)30(39)40/h6-12,18-20,22H,13-17H2,1-5H3,(H,39,40)(H2,34,35,41). The number of nitrogens with zero attached hydrogens (tertiary/aromatic N) is 3. The zero-order valence-corrected chi connectivity index (χ0v) is 28.2. The average Bonchev–Trinajstić information content (AvgIpc) is 3.63. The molecule has 3 N–H and O–H groups in total. The van der Waals surface area contributed by atoms with Crippen LogP contribution in [0.5, 0.6) is 5.75 Å². The fraction of sp³-hybridized carbons (Fsp3) is 0.364. The third-order valence-electron chi connectivity index (χ3n) is 8.00. The van der Waals surface area contributed by atoms with Crippen LogP contribution >= 0.6 is 11.3 Å². The van der Waals surface area contributed by atoms with Gasteiger partial charge in [0.2, 0.25) is 0 Å². The van der Waals surface area contributed by atoms with Gasteiger partial charge in [-0.1, -0.05) is 50.6 Å². The topological polar surface area (TPSA) is 143 Å². The van der Waals surface area contributed by atoms with Gasteiger partial charge in [0.1, 0.15) is 11.4 Å². The molecule has 2 amide bonds. The number of hydrogen-bond acceptors (Lipinski definition) is 7. The van der Waals surface area contributed by atoms with E-state index in [4.69, 9.17) is 9.84 Å². The average molecular weight is 666 g/mol. The van der Waals surface area contributed by atoms with E-state index >= 15 is 0 Å². The lowest BCUT2D eigenvalue weighted by atomic mass is 9.91. The summed E-state index contributed by atoms with van der Waals surface area (Å²) in [6, 6.07) is 17.1. The lowest BCUT2D eigenvalue weighted by Gasteiger charge is -2.31. The third-order valence-corrected chi connectivity index (χ3v) is 11.4. The Morgan fingerprint density at radius 3 is 2.39 bits per heavy atom. The molecule has 1 saturated heterocycles. The summed E-state index contributed by atoms with van der Waals surface area (Å²) in [5, 5.41) is 21.3. The number of amides is 2. The van der Waals surface area contributed by atoms with Crippen LogP contribution in [-0.2, 0) is 21.9 Å². The van der Waals surface area contributed by atoms with Gasteiger partial charge in [0.15, 0.2) is 9.96 Å². The van der Waals surface area contributed by atoms with E-state index < -0.39 is 16.0 Å². The molecular formula is C33H39N5O6S2. The highest BCUT2D eigenvalue weighted by molar-refractivity contribution is 7.91. The van der Waals surface area contributed by atoms with Crippen molar-refractivity contribution in [2.75, 3.05) is 30.8 Å². The number of benzene rings is 2. The van der Waals surface area contributed by atoms with Crippen molar-refractivity contribution in [3.63, 3.8) is 0 Å². The van der Waals surface area contributed by atoms with Crippen LogP contribution in [0.4, 0.5) is 16.3 Å². The Morgan fingerprint density at radius 1 is 1.07 bits per heavy atom. The maximum atomic E-state index is 13.3. The van der Waals surface area contributed by atoms with Crippen molar-refractivity contribution in [1.82, 2.24) is 14.1 Å². The fourth-order valence-electron chi connectivity index (χ4n) is 5.43. The zero-order chi connectivity index (χ0) is 33.2. The lowest BCUT2D eigenvalue weighted by molar-refractivity contribution is 0.0693. The van der Waals surface area contributed by atoms with Crippen LogP contribution in [0.25, 0.3) is 5.69 Å². The van der Waals surface area contributed by atoms with E-state index in [1.165, 1.54) is 16.8 Å². The number of hydrogen-bond donors (Lipinski definition) is 3. The molecule has 0 atom stereocenters. The molecule has 3 heterocycles. The molecule has 11 nitrogen and oxygen atoms in total. The second kappa shape index (κ2) is 13.3. The summed E-state index contributed by atoms with van der Waals surface area (Å²) >= 11 is 0.862. The second-order valence-corrected chi connectivity index (χ2v) is 15.5. The van der Waals surface area contributed by atoms with Gasteiger partial charge in [-0.2, -0.15) is 9.40 Å². The Hall–Kier alpha value is -4.20. The van der Waals surface area contributed by atoms with Crippen molar-refractivity contribution in [2.45, 2.75) is 56.6 Å². The van der Waals surface area contributed by atoms with Gasteiger partial charge in [-0.3, -0.25) is 5.32 Å². The van der Waals surface area contributed by atoms with Crippen molar-refractivity contribution in [1.29, 1.82) is 0 Å². The van der Waals surface area contributed by atoms with Gasteiger partial charge in [-0.25, -0.2) is 22.7 Å². The van der Waals surface area contributed by atoms with Gasteiger partial charge in [-0.05, 0) is 61.9 Å². The summed E-state index contributed by atoms with van der Waals surface area (Å²) < 4.78 is 34.9. The number of urea groups is 1. The first kappa shape index (κ1) is 33.2. The minimum Gasteiger partial charge on any atom is -0.494 e. The molecule has 0 unspecified atom stereocenters. The normalized spacial score (nSPS) is 14.6. The highest BCUT2D eigenvalue weighted by atomic mass is 32.2. The number of nitrogens with one attached hydrogen (secondary N) is 2. The molecule has 0 bridgehead atoms. The van der Waals surface area contributed by atoms with E-state index in [1.807, 2.05) is 61.5 Å². The Bertz CT molecular complexity index is 1830. The minimum atomic E-state index is -3.89. The van der Waals surface area contributed by atoms with Gasteiger partial charge in [-0.15, -0.1) is 11.3 Å². The molecule has 2 aromatic carbocycles. The molecule has 0 spiro atoms. The van der Waals surface area contributed by atoms with E-state index in [0.717, 1.165) is 40.3 Å². The van der Waals surface area contributed by atoms with Gasteiger partial charge in [0, 0.05) is 35.6 Å². The first-order valence-corrected chi connectivity index (χ1v) is 17.3. The van der Waals surface area contributed by atoms with Crippen LogP contribution in [0.15, 0.2) is 64.2 Å². The number of carbonyl (C=O) groups is 2. The number of methoxy groups -OCH3 is 1. The smallest absolute Gasteiger partial charge is 0.340 e. The molecule has 1 aliphatic heterocycles. The van der Waals surface area contributed by atoms with Crippen LogP contribution in [-0.4, -0.2) is 59.8 Å². The summed E-state index contributed by atoms with van der Waals surface area (Å²) in [6.45, 7) is 8.88. The SMILES string of the molecule is COc1c(C(=O)O)csc1S(=O)(=O)N1CCC(Cc2cccc(NC(=O)Nc3cc(C(C)(C)C)nn3-c3ccc(C)cc3)c2)CC1. The van der Waals surface area contributed by atoms with Crippen LogP contribution in [0, 0.1) is 12.8 Å². The molecule has 0 aliphatic carbocycles. The van der Waals surface area contributed by atoms with Gasteiger partial charge in [0.25, 0.3) is 10.0 Å². The molecule has 244 valence electrons. The molecule has 0 radical (unpaired) electrons. The van der Waals surface area contributed by atoms with Crippen molar-refractivity contribution >= 4 is 44.9 Å². The van der Waals surface area contributed by atoms with Crippen molar-refractivity contribution in [3.8, 4) is 11.4 Å². The van der Waals surface area contributed by atoms with Crippen molar-refractivity contribution in [3.05, 3.63) is 82.4 Å². The third kappa shape index (κ3) is 7.27. The number of rotatable bonds is 9. The maximum absolute atomic E-state index is 13.3. The number of aromatic carboxylic acids is 1. The monoisotopic (exact) mass is 665 g/mol. The quantitative estimate of drug-likeness (QED) is 0.184. The van der Waals surface area contributed by atoms with Gasteiger partial charge >= 0.3 is 12.0 Å². The molecule has 5 rings (SSSR count). The minimum absolute atomic E-state index is 0.0838. The number of piperidine rings is 1. The lowest BCUT2D eigenvalue weighted by Crippen LogP contribution is -2.38. The van der Waals surface area contributed by atoms with Crippen LogP contribution in [0.1, 0.15) is 60.8 Å². The number of sulfonamides is 1. The number of aromatic nitrogens is 2. The first-order valence-electron chi connectivity index (χ1n) is 15.0. The molecule has 1 fully saturated rings. The van der Waals surface area contributed by atoms with Crippen LogP contribution in [0.3, 0.4) is 0 Å². The fourth-order valence-corrected chi connectivity index (χ4v) is 8.46. The molecule has 46 heavy (non-hydrogen) atoms. The molecule has 13 heteroatoms. The summed E-state index contributed by atoms with van der Waals surface area (Å²) in [6.07, 6.45) is 2.03. The number of carboxylic acid groups (broad SMARTS) is 1. The number of aryl methyl sites for hydroxylation is 1. The van der Waals surface area contributed by atoms with Crippen molar-refractivity contribution in [2.24, 2.45) is 5.92 Å². The Balaban J connectivity index is 1.22. The van der Waals surface area contributed by atoms with Gasteiger partial charge in [0.05, 0.1) is 18.5 Å². The van der Waals surface area contributed by atoms with Crippen LogP contribution in [0.2, 0.25) is 0 Å². The predicted molar refractivity (Wildman–Crippen MR) is 179 cm³/mol. The highest BCUT2D eigenvalue weighted by Crippen LogP contribution is 2.38. The van der Waals surface area contributed by atoms with E-state index in [-0.39, 0.29) is 32.9 Å². The molecule has 2 aromatic heterocycles. The number of thiophene rings is 1. The molecule has 1 aliphatic rings. The first-order chi connectivity index (χ1) is 21.8. The number of carbonyl (C=O) groups excluding carboxylic acids is 1. The predicted octanol–water partition coefficient (Wildman–Crippen LogP) is 6.53. The van der Waals surface area contributed by atoms with Crippen molar-refractivity contribution < 1.29 is 27.9 Å². The van der Waals surface area contributed by atoms with E-state index in [0.29, 0.717) is 37.4 Å². The number of ether oxygens (including phenoxy) is 1. The van der Waals surface area contributed by atoms with E-state index in [9.17, 15) is 23.1 Å².